The summed E-state index contributed by atoms with van der Waals surface area (Å²) in [5.41, 5.74) is -0.921. The van der Waals surface area contributed by atoms with Crippen LogP contribution in [-0.4, -0.2) is 37.7 Å². The molecule has 1 aromatic heterocycles. The molecule has 1 saturated heterocycles. The van der Waals surface area contributed by atoms with Crippen LogP contribution in [0.25, 0.3) is 0 Å². The van der Waals surface area contributed by atoms with Crippen molar-refractivity contribution in [1.82, 2.24) is 4.98 Å². The molecule has 0 bridgehead atoms. The van der Waals surface area contributed by atoms with E-state index in [0.717, 1.165) is 6.42 Å². The standard InChI is InChI=1S/C12H15NO6/c1-12(5-4-6-18-12)11-13-7(9(14)16-2)8(19-11)10(15)17-3/h4-6H2,1-3H3. The second-order valence-corrected chi connectivity index (χ2v) is 4.36. The first kappa shape index (κ1) is 13.5. The molecule has 0 saturated carbocycles. The number of carbonyl (C=O) groups is 2. The van der Waals surface area contributed by atoms with Gasteiger partial charge in [-0.05, 0) is 19.8 Å². The van der Waals surface area contributed by atoms with Crippen molar-refractivity contribution in [3.05, 3.63) is 17.3 Å². The van der Waals surface area contributed by atoms with Crippen LogP contribution in [0.15, 0.2) is 4.42 Å². The molecule has 0 radical (unpaired) electrons. The third-order valence-electron chi connectivity index (χ3n) is 3.05. The summed E-state index contributed by atoms with van der Waals surface area (Å²) in [6, 6.07) is 0. The third-order valence-corrected chi connectivity index (χ3v) is 3.05. The van der Waals surface area contributed by atoms with E-state index in [4.69, 9.17) is 9.15 Å². The van der Waals surface area contributed by atoms with Crippen LogP contribution in [0.1, 0.15) is 46.7 Å². The van der Waals surface area contributed by atoms with Gasteiger partial charge in [-0.15, -0.1) is 0 Å². The van der Waals surface area contributed by atoms with Crippen molar-refractivity contribution in [2.75, 3.05) is 20.8 Å². The number of ether oxygens (including phenoxy) is 3. The number of esters is 2. The van der Waals surface area contributed by atoms with E-state index in [9.17, 15) is 9.59 Å². The van der Waals surface area contributed by atoms with Crippen LogP contribution in [0.5, 0.6) is 0 Å². The van der Waals surface area contributed by atoms with Gasteiger partial charge >= 0.3 is 11.9 Å². The largest absolute Gasteiger partial charge is 0.464 e. The number of hydrogen-bond donors (Lipinski definition) is 0. The Kier molecular flexibility index (Phi) is 3.57. The molecule has 0 spiro atoms. The van der Waals surface area contributed by atoms with E-state index in [0.29, 0.717) is 13.0 Å². The first-order chi connectivity index (χ1) is 9.01. The highest BCUT2D eigenvalue weighted by Gasteiger charge is 2.40. The summed E-state index contributed by atoms with van der Waals surface area (Å²) in [7, 11) is 2.39. The molecule has 1 aliphatic rings. The molecule has 2 heterocycles. The Balaban J connectivity index is 2.45. The average Bonchev–Trinajstić information content (AvgIpc) is 3.04. The van der Waals surface area contributed by atoms with Crippen molar-refractivity contribution >= 4 is 11.9 Å². The van der Waals surface area contributed by atoms with Gasteiger partial charge in [-0.25, -0.2) is 14.6 Å². The Morgan fingerprint density at radius 2 is 1.95 bits per heavy atom. The summed E-state index contributed by atoms with van der Waals surface area (Å²) in [6.07, 6.45) is 1.56. The van der Waals surface area contributed by atoms with Crippen molar-refractivity contribution in [2.45, 2.75) is 25.4 Å². The summed E-state index contributed by atoms with van der Waals surface area (Å²) in [5.74, 6) is -1.61. The fourth-order valence-corrected chi connectivity index (χ4v) is 1.96. The molecule has 0 amide bonds. The van der Waals surface area contributed by atoms with E-state index < -0.39 is 17.5 Å². The first-order valence-electron chi connectivity index (χ1n) is 5.83. The average molecular weight is 269 g/mol. The summed E-state index contributed by atoms with van der Waals surface area (Å²) in [5, 5.41) is 0. The number of methoxy groups -OCH3 is 2. The molecule has 1 atom stereocenters. The molecule has 1 fully saturated rings. The molecule has 0 N–H and O–H groups in total. The highest BCUT2D eigenvalue weighted by Crippen LogP contribution is 2.36. The zero-order valence-corrected chi connectivity index (χ0v) is 11.0. The van der Waals surface area contributed by atoms with Crippen molar-refractivity contribution in [3.63, 3.8) is 0 Å². The number of aromatic nitrogens is 1. The van der Waals surface area contributed by atoms with Crippen molar-refractivity contribution in [3.8, 4) is 0 Å². The topological polar surface area (TPSA) is 87.9 Å². The van der Waals surface area contributed by atoms with Gasteiger partial charge in [0.05, 0.1) is 14.2 Å². The van der Waals surface area contributed by atoms with Crippen LogP contribution in [0.4, 0.5) is 0 Å². The van der Waals surface area contributed by atoms with Gasteiger partial charge in [0.2, 0.25) is 17.3 Å². The van der Waals surface area contributed by atoms with Gasteiger partial charge in [0.15, 0.2) is 0 Å². The van der Waals surface area contributed by atoms with Gasteiger partial charge in [0.1, 0.15) is 5.60 Å². The molecule has 1 aliphatic heterocycles. The molecular weight excluding hydrogens is 254 g/mol. The molecule has 0 aromatic carbocycles. The fourth-order valence-electron chi connectivity index (χ4n) is 1.96. The maximum absolute atomic E-state index is 11.6. The van der Waals surface area contributed by atoms with Crippen LogP contribution in [0, 0.1) is 0 Å². The van der Waals surface area contributed by atoms with Gasteiger partial charge in [0, 0.05) is 6.61 Å². The van der Waals surface area contributed by atoms with Gasteiger partial charge in [-0.3, -0.25) is 0 Å². The first-order valence-corrected chi connectivity index (χ1v) is 5.83. The van der Waals surface area contributed by atoms with E-state index in [2.05, 4.69) is 14.5 Å². The van der Waals surface area contributed by atoms with Crippen LogP contribution in [0.2, 0.25) is 0 Å². The quantitative estimate of drug-likeness (QED) is 0.763. The summed E-state index contributed by atoms with van der Waals surface area (Å²) < 4.78 is 20.1. The number of hydrogen-bond acceptors (Lipinski definition) is 7. The molecule has 0 aliphatic carbocycles. The number of carbonyl (C=O) groups excluding carboxylic acids is 2. The minimum absolute atomic E-state index is 0.186. The summed E-state index contributed by atoms with van der Waals surface area (Å²) in [6.45, 7) is 2.38. The van der Waals surface area contributed by atoms with Crippen LogP contribution >= 0.6 is 0 Å². The predicted octanol–water partition coefficient (Wildman–Crippen LogP) is 1.27. The second-order valence-electron chi connectivity index (χ2n) is 4.36. The number of rotatable bonds is 3. The number of nitrogens with zero attached hydrogens (tertiary/aromatic N) is 1. The van der Waals surface area contributed by atoms with Gasteiger partial charge in [0.25, 0.3) is 0 Å². The summed E-state index contributed by atoms with van der Waals surface area (Å²) in [4.78, 5) is 27.2. The van der Waals surface area contributed by atoms with E-state index >= 15 is 0 Å². The smallest absolute Gasteiger partial charge is 0.376 e. The predicted molar refractivity (Wildman–Crippen MR) is 61.7 cm³/mol. The normalized spacial score (nSPS) is 22.3. The van der Waals surface area contributed by atoms with E-state index in [1.165, 1.54) is 14.2 Å². The van der Waals surface area contributed by atoms with Crippen molar-refractivity contribution in [2.24, 2.45) is 0 Å². The van der Waals surface area contributed by atoms with E-state index in [-0.39, 0.29) is 17.3 Å². The van der Waals surface area contributed by atoms with Crippen LogP contribution < -0.4 is 0 Å². The molecule has 1 unspecified atom stereocenters. The highest BCUT2D eigenvalue weighted by atomic mass is 16.5. The maximum atomic E-state index is 11.6. The van der Waals surface area contributed by atoms with E-state index in [1.54, 1.807) is 6.92 Å². The van der Waals surface area contributed by atoms with Crippen molar-refractivity contribution < 1.29 is 28.2 Å². The third kappa shape index (κ3) is 2.33. The molecule has 19 heavy (non-hydrogen) atoms. The zero-order valence-electron chi connectivity index (χ0n) is 11.0. The Morgan fingerprint density at radius 1 is 1.26 bits per heavy atom. The number of oxazole rings is 1. The molecular formula is C12H15NO6. The lowest BCUT2D eigenvalue weighted by atomic mass is 10.0. The second kappa shape index (κ2) is 5.00. The molecule has 2 rings (SSSR count). The Bertz CT molecular complexity index is 467. The molecule has 1 aromatic rings. The van der Waals surface area contributed by atoms with Crippen LogP contribution in [-0.2, 0) is 19.8 Å². The van der Waals surface area contributed by atoms with Crippen LogP contribution in [0.3, 0.4) is 0 Å². The van der Waals surface area contributed by atoms with Gasteiger partial charge in [-0.1, -0.05) is 0 Å². The highest BCUT2D eigenvalue weighted by molar-refractivity contribution is 5.99. The Labute approximate surface area is 109 Å². The lowest BCUT2D eigenvalue weighted by Crippen LogP contribution is -2.20. The monoisotopic (exact) mass is 269 g/mol. The minimum atomic E-state index is -0.777. The van der Waals surface area contributed by atoms with E-state index in [1.807, 2.05) is 0 Å². The van der Waals surface area contributed by atoms with Crippen molar-refractivity contribution in [1.29, 1.82) is 0 Å². The SMILES string of the molecule is COC(=O)c1nc(C2(C)CCCO2)oc1C(=O)OC. The Morgan fingerprint density at radius 3 is 2.47 bits per heavy atom. The summed E-state index contributed by atoms with van der Waals surface area (Å²) >= 11 is 0. The lowest BCUT2D eigenvalue weighted by Gasteiger charge is -2.17. The lowest BCUT2D eigenvalue weighted by molar-refractivity contribution is -0.00650. The molecule has 7 heteroatoms. The minimum Gasteiger partial charge on any atom is -0.464 e. The van der Waals surface area contributed by atoms with Gasteiger partial charge < -0.3 is 18.6 Å². The zero-order chi connectivity index (χ0) is 14.0. The fraction of sp³-hybridized carbons (Fsp3) is 0.583. The molecule has 7 nitrogen and oxygen atoms in total. The Hall–Kier alpha value is -1.89. The molecule has 104 valence electrons. The van der Waals surface area contributed by atoms with Gasteiger partial charge in [-0.2, -0.15) is 0 Å². The maximum Gasteiger partial charge on any atom is 0.376 e.